The fraction of sp³-hybridized carbons (Fsp3) is 0.556. The van der Waals surface area contributed by atoms with Gasteiger partial charge >= 0.3 is 26.2 Å². The molecule has 9 heteroatoms. The third-order valence-corrected chi connectivity index (χ3v) is 2.33. The number of allylic oxidation sites excluding steroid dienone is 3. The maximum absolute atomic E-state index is 8.89. The fourth-order valence-electron chi connectivity index (χ4n) is 1.41. The topological polar surface area (TPSA) is 161 Å². The zero-order valence-corrected chi connectivity index (χ0v) is 19.2. The van der Waals surface area contributed by atoms with E-state index in [1.54, 1.807) is 5.57 Å². The maximum Gasteiger partial charge on any atom is 4.00 e. The monoisotopic (exact) mass is 462 g/mol. The average molecular weight is 464 g/mol. The van der Waals surface area contributed by atoms with Crippen molar-refractivity contribution in [1.29, 1.82) is 0 Å². The van der Waals surface area contributed by atoms with Crippen LogP contribution in [0.15, 0.2) is 23.8 Å². The van der Waals surface area contributed by atoms with Gasteiger partial charge in [-0.2, -0.15) is 0 Å². The molecule has 0 amide bonds. The first-order chi connectivity index (χ1) is 11.6. The number of rotatable bonds is 1. The Morgan fingerprint density at radius 3 is 1.26 bits per heavy atom. The van der Waals surface area contributed by atoms with E-state index in [-0.39, 0.29) is 26.2 Å². The van der Waals surface area contributed by atoms with Gasteiger partial charge in [0, 0.05) is 23.9 Å². The molecule has 0 aromatic heterocycles. The standard InChI is InChI=1S/C10H16.4C2H4O2.Zr/c1-8(2)10-6-4-9(3)5-7-10;4*1-2(3)4;/h4,10H,1,5-7H2,2-3H3;4*1H3,(H,3,4);/q;;;;;+4/p-4. The molecule has 0 saturated carbocycles. The van der Waals surface area contributed by atoms with Crippen molar-refractivity contribution in [2.75, 3.05) is 0 Å². The Balaban J connectivity index is -0.0000000814. The molecule has 8 nitrogen and oxygen atoms in total. The molecule has 1 rings (SSSR count). The van der Waals surface area contributed by atoms with Crippen molar-refractivity contribution >= 4 is 23.9 Å². The van der Waals surface area contributed by atoms with E-state index in [1.165, 1.54) is 24.8 Å². The average Bonchev–Trinajstić information content (AvgIpc) is 2.36. The molecule has 0 radical (unpaired) electrons. The molecular weight excluding hydrogens is 435 g/mol. The molecule has 152 valence electrons. The molecule has 0 saturated heterocycles. The van der Waals surface area contributed by atoms with Gasteiger partial charge in [-0.05, 0) is 66.7 Å². The summed E-state index contributed by atoms with van der Waals surface area (Å²) in [6, 6.07) is 0. The van der Waals surface area contributed by atoms with Gasteiger partial charge < -0.3 is 39.6 Å². The molecule has 0 spiro atoms. The predicted molar refractivity (Wildman–Crippen MR) is 88.6 cm³/mol. The van der Waals surface area contributed by atoms with Gasteiger partial charge in [0.2, 0.25) is 0 Å². The van der Waals surface area contributed by atoms with E-state index in [2.05, 4.69) is 26.5 Å². The molecule has 0 N–H and O–H groups in total. The van der Waals surface area contributed by atoms with Crippen LogP contribution in [0.4, 0.5) is 0 Å². The molecule has 27 heavy (non-hydrogen) atoms. The van der Waals surface area contributed by atoms with Gasteiger partial charge in [-0.1, -0.05) is 23.8 Å². The Hall–Kier alpha value is -1.76. The summed E-state index contributed by atoms with van der Waals surface area (Å²) in [5.74, 6) is -3.57. The van der Waals surface area contributed by atoms with E-state index in [9.17, 15) is 0 Å². The molecule has 1 atom stereocenters. The van der Waals surface area contributed by atoms with E-state index < -0.39 is 23.9 Å². The molecule has 0 aliphatic heterocycles. The summed E-state index contributed by atoms with van der Waals surface area (Å²) in [5.41, 5.74) is 2.90. The summed E-state index contributed by atoms with van der Waals surface area (Å²) in [6.45, 7) is 12.2. The third-order valence-electron chi connectivity index (χ3n) is 2.33. The molecule has 1 unspecified atom stereocenters. The number of carboxylic acid groups (broad SMARTS) is 4. The van der Waals surface area contributed by atoms with Crippen LogP contribution < -0.4 is 20.4 Å². The second-order valence-corrected chi connectivity index (χ2v) is 5.33. The summed E-state index contributed by atoms with van der Waals surface area (Å²) >= 11 is 0. The molecule has 0 aromatic rings. The molecule has 0 aromatic carbocycles. The van der Waals surface area contributed by atoms with Crippen molar-refractivity contribution in [2.45, 2.75) is 60.8 Å². The number of hydrogen-bond acceptors (Lipinski definition) is 8. The predicted octanol–water partition coefficient (Wildman–Crippen LogP) is -1.67. The zero-order valence-electron chi connectivity index (χ0n) is 16.7. The van der Waals surface area contributed by atoms with Crippen LogP contribution in [0.2, 0.25) is 0 Å². The number of hydrogen-bond donors (Lipinski definition) is 0. The van der Waals surface area contributed by atoms with Gasteiger partial charge in [0.05, 0.1) is 0 Å². The largest absolute Gasteiger partial charge is 4.00 e. The first-order valence-corrected chi connectivity index (χ1v) is 7.64. The minimum atomic E-state index is -1.08. The van der Waals surface area contributed by atoms with Crippen LogP contribution in [0, 0.1) is 5.92 Å². The molecule has 0 heterocycles. The van der Waals surface area contributed by atoms with Gasteiger partial charge in [-0.3, -0.25) is 0 Å². The van der Waals surface area contributed by atoms with E-state index >= 15 is 0 Å². The minimum Gasteiger partial charge on any atom is -0.550 e. The molecular formula is C18H28O8Zr. The Labute approximate surface area is 180 Å². The van der Waals surface area contributed by atoms with Crippen LogP contribution in [0.3, 0.4) is 0 Å². The van der Waals surface area contributed by atoms with Gasteiger partial charge in [0.25, 0.3) is 0 Å². The number of carboxylic acids is 4. The third kappa shape index (κ3) is 80.0. The van der Waals surface area contributed by atoms with Crippen LogP contribution in [0.1, 0.15) is 60.8 Å². The quantitative estimate of drug-likeness (QED) is 0.417. The first-order valence-electron chi connectivity index (χ1n) is 7.64. The Kier molecular flexibility index (Phi) is 32.5. The van der Waals surface area contributed by atoms with Gasteiger partial charge in [-0.15, -0.1) is 0 Å². The zero-order chi connectivity index (χ0) is 21.9. The summed E-state index contributed by atoms with van der Waals surface area (Å²) in [7, 11) is 0. The summed E-state index contributed by atoms with van der Waals surface area (Å²) in [6.07, 6.45) is 6.17. The van der Waals surface area contributed by atoms with E-state index in [4.69, 9.17) is 39.6 Å². The van der Waals surface area contributed by atoms with Gasteiger partial charge in [0.1, 0.15) is 0 Å². The molecule has 1 aliphatic carbocycles. The van der Waals surface area contributed by atoms with Crippen molar-refractivity contribution in [3.05, 3.63) is 23.8 Å². The second-order valence-electron chi connectivity index (χ2n) is 5.33. The van der Waals surface area contributed by atoms with Crippen molar-refractivity contribution in [3.63, 3.8) is 0 Å². The Bertz CT molecular complexity index is 420. The Morgan fingerprint density at radius 1 is 0.852 bits per heavy atom. The van der Waals surface area contributed by atoms with Crippen LogP contribution >= 0.6 is 0 Å². The summed E-state index contributed by atoms with van der Waals surface area (Å²) in [4.78, 5) is 35.6. The van der Waals surface area contributed by atoms with Gasteiger partial charge in [0.15, 0.2) is 0 Å². The summed E-state index contributed by atoms with van der Waals surface area (Å²) < 4.78 is 0. The van der Waals surface area contributed by atoms with Crippen LogP contribution in [0.25, 0.3) is 0 Å². The number of carbonyl (C=O) groups is 4. The van der Waals surface area contributed by atoms with Crippen molar-refractivity contribution < 1.29 is 65.8 Å². The minimum absolute atomic E-state index is 0. The number of aliphatic carboxylic acids is 4. The maximum atomic E-state index is 8.89. The van der Waals surface area contributed by atoms with Crippen molar-refractivity contribution in [3.8, 4) is 0 Å². The van der Waals surface area contributed by atoms with Crippen LogP contribution in [0.5, 0.6) is 0 Å². The Morgan fingerprint density at radius 2 is 1.11 bits per heavy atom. The molecule has 0 bridgehead atoms. The molecule has 0 fully saturated rings. The van der Waals surface area contributed by atoms with E-state index in [0.717, 1.165) is 33.6 Å². The molecule has 1 aliphatic rings. The van der Waals surface area contributed by atoms with Crippen molar-refractivity contribution in [2.24, 2.45) is 5.92 Å². The van der Waals surface area contributed by atoms with Crippen LogP contribution in [-0.4, -0.2) is 23.9 Å². The SMILES string of the molecule is C=C(C)C1CC=C(C)CC1.CC(=O)[O-].CC(=O)[O-].CC(=O)[O-].CC(=O)[O-].[Zr+4]. The first kappa shape index (κ1) is 36.2. The normalized spacial score (nSPS) is 13.3. The van der Waals surface area contributed by atoms with Gasteiger partial charge in [-0.25, -0.2) is 0 Å². The van der Waals surface area contributed by atoms with E-state index in [1.807, 2.05) is 0 Å². The number of carbonyl (C=O) groups excluding carboxylic acids is 4. The summed E-state index contributed by atoms with van der Waals surface area (Å²) in [5, 5.41) is 35.6. The van der Waals surface area contributed by atoms with Crippen molar-refractivity contribution in [1.82, 2.24) is 0 Å². The van der Waals surface area contributed by atoms with E-state index in [0.29, 0.717) is 0 Å². The smallest absolute Gasteiger partial charge is 0.550 e. The second kappa shape index (κ2) is 24.2. The van der Waals surface area contributed by atoms with Crippen LogP contribution in [-0.2, 0) is 45.4 Å². The fourth-order valence-corrected chi connectivity index (χ4v) is 1.41.